The quantitative estimate of drug-likeness (QED) is 0.851. The normalized spacial score (nSPS) is 12.2. The molecule has 2 nitrogen and oxygen atoms in total. The Labute approximate surface area is 133 Å². The summed E-state index contributed by atoms with van der Waals surface area (Å²) in [5.74, 6) is 0.808. The molecule has 2 rings (SSSR count). The van der Waals surface area contributed by atoms with Crippen molar-refractivity contribution in [1.82, 2.24) is 0 Å². The lowest BCUT2D eigenvalue weighted by Crippen LogP contribution is -2.15. The van der Waals surface area contributed by atoms with Gasteiger partial charge in [-0.1, -0.05) is 39.7 Å². The van der Waals surface area contributed by atoms with Crippen molar-refractivity contribution < 1.29 is 4.74 Å². The number of halogens is 2. The number of nitrogens with two attached hydrogens (primary N) is 1. The smallest absolute Gasteiger partial charge is 0.124 e. The highest BCUT2D eigenvalue weighted by atomic mass is 79.9. The average Bonchev–Trinajstić information content (AvgIpc) is 2.43. The summed E-state index contributed by atoms with van der Waals surface area (Å²) in [5, 5.41) is 0.728. The first-order valence-electron chi connectivity index (χ1n) is 6.47. The first kappa shape index (κ1) is 15.4. The molecule has 1 atom stereocenters. The monoisotopic (exact) mass is 353 g/mol. The van der Waals surface area contributed by atoms with E-state index in [0.29, 0.717) is 6.61 Å². The van der Waals surface area contributed by atoms with Crippen LogP contribution in [0.25, 0.3) is 0 Å². The Morgan fingerprint density at radius 1 is 1.25 bits per heavy atom. The summed E-state index contributed by atoms with van der Waals surface area (Å²) < 4.78 is 6.65. The van der Waals surface area contributed by atoms with E-state index >= 15 is 0 Å². The van der Waals surface area contributed by atoms with Crippen LogP contribution in [0.3, 0.4) is 0 Å². The van der Waals surface area contributed by atoms with Gasteiger partial charge in [0.1, 0.15) is 5.75 Å². The number of benzene rings is 2. The fourth-order valence-corrected chi connectivity index (χ4v) is 2.74. The summed E-state index contributed by atoms with van der Waals surface area (Å²) in [6.45, 7) is 4.55. The van der Waals surface area contributed by atoms with Crippen LogP contribution in [-0.2, 0) is 0 Å². The number of hydrogen-bond donors (Lipinski definition) is 1. The molecule has 0 aliphatic carbocycles. The van der Waals surface area contributed by atoms with Crippen molar-refractivity contribution in [2.75, 3.05) is 6.61 Å². The Balaban J connectivity index is 2.49. The molecule has 0 amide bonds. The Hall–Kier alpha value is -1.03. The first-order valence-corrected chi connectivity index (χ1v) is 7.64. The summed E-state index contributed by atoms with van der Waals surface area (Å²) in [5.41, 5.74) is 9.39. The standard InChI is InChI=1S/C16H17BrClNO/c1-3-20-15-8-7-11(17)9-13(15)16(19)12-5-4-6-14(18)10(12)2/h4-9,16H,3,19H2,1-2H3. The maximum Gasteiger partial charge on any atom is 0.124 e. The minimum atomic E-state index is -0.271. The third-order valence-electron chi connectivity index (χ3n) is 3.25. The zero-order chi connectivity index (χ0) is 14.7. The van der Waals surface area contributed by atoms with Crippen LogP contribution in [0.5, 0.6) is 5.75 Å². The maximum atomic E-state index is 6.43. The van der Waals surface area contributed by atoms with Gasteiger partial charge in [-0.2, -0.15) is 0 Å². The van der Waals surface area contributed by atoms with E-state index in [1.165, 1.54) is 0 Å². The summed E-state index contributed by atoms with van der Waals surface area (Å²) >= 11 is 9.67. The maximum absolute atomic E-state index is 6.43. The fraction of sp³-hybridized carbons (Fsp3) is 0.250. The van der Waals surface area contributed by atoms with Gasteiger partial charge in [-0.3, -0.25) is 0 Å². The van der Waals surface area contributed by atoms with Crippen molar-refractivity contribution in [1.29, 1.82) is 0 Å². The van der Waals surface area contributed by atoms with Crippen molar-refractivity contribution in [3.8, 4) is 5.75 Å². The van der Waals surface area contributed by atoms with Gasteiger partial charge in [0.15, 0.2) is 0 Å². The Bertz CT molecular complexity index is 615. The van der Waals surface area contributed by atoms with Crippen LogP contribution < -0.4 is 10.5 Å². The summed E-state index contributed by atoms with van der Waals surface area (Å²) in [6.07, 6.45) is 0. The third-order valence-corrected chi connectivity index (χ3v) is 4.15. The topological polar surface area (TPSA) is 35.2 Å². The van der Waals surface area contributed by atoms with Crippen molar-refractivity contribution in [3.05, 3.63) is 62.6 Å². The second kappa shape index (κ2) is 6.61. The molecule has 0 fully saturated rings. The van der Waals surface area contributed by atoms with Crippen LogP contribution in [-0.4, -0.2) is 6.61 Å². The molecule has 0 saturated carbocycles. The van der Waals surface area contributed by atoms with E-state index in [0.717, 1.165) is 31.9 Å². The van der Waals surface area contributed by atoms with E-state index in [1.54, 1.807) is 0 Å². The highest BCUT2D eigenvalue weighted by Crippen LogP contribution is 2.33. The molecule has 0 aliphatic heterocycles. The molecule has 0 bridgehead atoms. The van der Waals surface area contributed by atoms with Gasteiger partial charge in [-0.15, -0.1) is 0 Å². The average molecular weight is 355 g/mol. The van der Waals surface area contributed by atoms with Crippen molar-refractivity contribution in [3.63, 3.8) is 0 Å². The van der Waals surface area contributed by atoms with Crippen LogP contribution in [0.2, 0.25) is 5.02 Å². The highest BCUT2D eigenvalue weighted by molar-refractivity contribution is 9.10. The molecule has 2 aromatic carbocycles. The lowest BCUT2D eigenvalue weighted by Gasteiger charge is -2.19. The van der Waals surface area contributed by atoms with E-state index in [-0.39, 0.29) is 6.04 Å². The lowest BCUT2D eigenvalue weighted by molar-refractivity contribution is 0.335. The van der Waals surface area contributed by atoms with Gasteiger partial charge in [0.05, 0.1) is 12.6 Å². The molecule has 0 heterocycles. The van der Waals surface area contributed by atoms with Crippen molar-refractivity contribution in [2.24, 2.45) is 5.73 Å². The van der Waals surface area contributed by atoms with Gasteiger partial charge in [0, 0.05) is 15.1 Å². The second-order valence-electron chi connectivity index (χ2n) is 4.55. The van der Waals surface area contributed by atoms with Gasteiger partial charge in [-0.25, -0.2) is 0 Å². The number of rotatable bonds is 4. The Morgan fingerprint density at radius 2 is 2.00 bits per heavy atom. The SMILES string of the molecule is CCOc1ccc(Br)cc1C(N)c1cccc(Cl)c1C. The molecule has 0 aliphatic rings. The molecule has 2 N–H and O–H groups in total. The molecule has 0 spiro atoms. The van der Waals surface area contributed by atoms with Gasteiger partial charge < -0.3 is 10.5 Å². The lowest BCUT2D eigenvalue weighted by atomic mass is 9.95. The van der Waals surface area contributed by atoms with Gasteiger partial charge in [-0.05, 0) is 49.2 Å². The van der Waals surface area contributed by atoms with E-state index in [1.807, 2.05) is 50.2 Å². The van der Waals surface area contributed by atoms with Gasteiger partial charge >= 0.3 is 0 Å². The van der Waals surface area contributed by atoms with Crippen LogP contribution in [0.4, 0.5) is 0 Å². The predicted octanol–water partition coefficient (Wildman–Crippen LogP) is 4.86. The van der Waals surface area contributed by atoms with Crippen molar-refractivity contribution in [2.45, 2.75) is 19.9 Å². The molecule has 20 heavy (non-hydrogen) atoms. The van der Waals surface area contributed by atoms with Crippen molar-refractivity contribution >= 4 is 27.5 Å². The zero-order valence-corrected chi connectivity index (χ0v) is 13.8. The van der Waals surface area contributed by atoms with Gasteiger partial charge in [0.25, 0.3) is 0 Å². The molecule has 106 valence electrons. The molecule has 0 saturated heterocycles. The minimum Gasteiger partial charge on any atom is -0.494 e. The largest absolute Gasteiger partial charge is 0.494 e. The molecule has 0 radical (unpaired) electrons. The zero-order valence-electron chi connectivity index (χ0n) is 11.5. The minimum absolute atomic E-state index is 0.271. The van der Waals surface area contributed by atoms with Crippen LogP contribution in [0.15, 0.2) is 40.9 Å². The summed E-state index contributed by atoms with van der Waals surface area (Å²) in [7, 11) is 0. The molecule has 2 aromatic rings. The molecular formula is C16H17BrClNO. The number of ether oxygens (including phenoxy) is 1. The molecule has 1 unspecified atom stereocenters. The third kappa shape index (κ3) is 3.17. The molecule has 4 heteroatoms. The number of hydrogen-bond acceptors (Lipinski definition) is 2. The Kier molecular flexibility index (Phi) is 5.08. The van der Waals surface area contributed by atoms with Crippen LogP contribution in [0, 0.1) is 6.92 Å². The van der Waals surface area contributed by atoms with Crippen LogP contribution in [0.1, 0.15) is 29.7 Å². The van der Waals surface area contributed by atoms with Gasteiger partial charge in [0.2, 0.25) is 0 Å². The fourth-order valence-electron chi connectivity index (χ4n) is 2.18. The van der Waals surface area contributed by atoms with E-state index in [4.69, 9.17) is 22.1 Å². The summed E-state index contributed by atoms with van der Waals surface area (Å²) in [4.78, 5) is 0. The Morgan fingerprint density at radius 3 is 2.70 bits per heavy atom. The second-order valence-corrected chi connectivity index (χ2v) is 5.87. The van der Waals surface area contributed by atoms with E-state index < -0.39 is 0 Å². The molecule has 0 aromatic heterocycles. The first-order chi connectivity index (χ1) is 9.54. The van der Waals surface area contributed by atoms with E-state index in [9.17, 15) is 0 Å². The molecular weight excluding hydrogens is 338 g/mol. The van der Waals surface area contributed by atoms with Crippen LogP contribution >= 0.6 is 27.5 Å². The predicted molar refractivity (Wildman–Crippen MR) is 87.5 cm³/mol. The highest BCUT2D eigenvalue weighted by Gasteiger charge is 2.17. The van der Waals surface area contributed by atoms with E-state index in [2.05, 4.69) is 15.9 Å². The summed E-state index contributed by atoms with van der Waals surface area (Å²) in [6, 6.07) is 11.4.